The number of carboxylic acids is 1. The molecule has 4 atom stereocenters. The Morgan fingerprint density at radius 2 is 1.82 bits per heavy atom. The number of unbranched alkanes of at least 4 members (excludes halogenated alkanes) is 5. The number of carbonyl (C=O) groups is 1. The first-order valence-corrected chi connectivity index (χ1v) is 13.2. The molecule has 3 rings (SSSR count). The van der Waals surface area contributed by atoms with Crippen molar-refractivity contribution in [1.29, 1.82) is 0 Å². The number of hydrogen-bond acceptors (Lipinski definition) is 3. The van der Waals surface area contributed by atoms with E-state index in [1.54, 1.807) is 18.4 Å². The summed E-state index contributed by atoms with van der Waals surface area (Å²) in [6.07, 6.45) is 38.4. The van der Waals surface area contributed by atoms with Gasteiger partial charge in [-0.1, -0.05) is 100 Å². The van der Waals surface area contributed by atoms with Crippen molar-refractivity contribution >= 4 is 5.97 Å². The van der Waals surface area contributed by atoms with Crippen LogP contribution in [-0.4, -0.2) is 23.5 Å². The van der Waals surface area contributed by atoms with Crippen LogP contribution in [-0.2, 0) is 14.3 Å². The Labute approximate surface area is 206 Å². The van der Waals surface area contributed by atoms with E-state index in [1.807, 2.05) is 24.3 Å². The van der Waals surface area contributed by atoms with Crippen LogP contribution in [0.25, 0.3) is 0 Å². The van der Waals surface area contributed by atoms with E-state index in [0.717, 1.165) is 30.8 Å². The molecule has 2 unspecified atom stereocenters. The topological polar surface area (TPSA) is 55.8 Å². The van der Waals surface area contributed by atoms with Crippen molar-refractivity contribution < 1.29 is 19.4 Å². The van der Waals surface area contributed by atoms with Crippen molar-refractivity contribution in [3.8, 4) is 0 Å². The van der Waals surface area contributed by atoms with Crippen LogP contribution in [0.5, 0.6) is 0 Å². The van der Waals surface area contributed by atoms with Gasteiger partial charge in [-0.3, -0.25) is 0 Å². The monoisotopic (exact) mass is 468 g/mol. The third kappa shape index (κ3) is 12.8. The molecule has 1 N–H and O–H groups in total. The second-order valence-electron chi connectivity index (χ2n) is 9.28. The van der Waals surface area contributed by atoms with Gasteiger partial charge in [0.1, 0.15) is 0 Å². The van der Waals surface area contributed by atoms with Crippen LogP contribution in [0.3, 0.4) is 0 Å². The smallest absolute Gasteiger partial charge is 0.328 e. The molecule has 2 aliphatic carbocycles. The molecule has 34 heavy (non-hydrogen) atoms. The summed E-state index contributed by atoms with van der Waals surface area (Å²) >= 11 is 0. The highest BCUT2D eigenvalue weighted by atomic mass is 16.7. The van der Waals surface area contributed by atoms with Gasteiger partial charge in [0.2, 0.25) is 6.29 Å². The lowest BCUT2D eigenvalue weighted by Crippen LogP contribution is -2.19. The summed E-state index contributed by atoms with van der Waals surface area (Å²) in [5.74, 6) is 0.692. The molecule has 188 valence electrons. The fraction of sp³-hybridized carbons (Fsp3) is 0.567. The number of rotatable bonds is 13. The van der Waals surface area contributed by atoms with Crippen molar-refractivity contribution in [2.75, 3.05) is 0 Å². The molecular weight excluding hydrogens is 424 g/mol. The van der Waals surface area contributed by atoms with Gasteiger partial charge in [-0.25, -0.2) is 4.79 Å². The minimum absolute atomic E-state index is 0.192. The minimum Gasteiger partial charge on any atom is -0.478 e. The van der Waals surface area contributed by atoms with Crippen LogP contribution in [0.1, 0.15) is 84.0 Å². The first-order valence-electron chi connectivity index (χ1n) is 13.2. The average molecular weight is 469 g/mol. The van der Waals surface area contributed by atoms with Gasteiger partial charge >= 0.3 is 5.97 Å². The van der Waals surface area contributed by atoms with Crippen LogP contribution in [0.4, 0.5) is 0 Å². The van der Waals surface area contributed by atoms with E-state index in [1.165, 1.54) is 64.2 Å². The van der Waals surface area contributed by atoms with E-state index in [9.17, 15) is 4.79 Å². The number of aliphatic carboxylic acids is 1. The van der Waals surface area contributed by atoms with Crippen molar-refractivity contribution in [1.82, 2.24) is 0 Å². The number of ether oxygens (including phenoxy) is 2. The molecular formula is C30H44O4. The van der Waals surface area contributed by atoms with Crippen LogP contribution in [0.2, 0.25) is 0 Å². The summed E-state index contributed by atoms with van der Waals surface area (Å²) < 4.78 is 10.8. The molecule has 1 saturated carbocycles. The molecule has 0 amide bonds. The Bertz CT molecular complexity index is 728. The second kappa shape index (κ2) is 18.1. The Morgan fingerprint density at radius 3 is 2.56 bits per heavy atom. The zero-order valence-corrected chi connectivity index (χ0v) is 20.9. The first-order chi connectivity index (χ1) is 16.7. The predicted octanol–water partition coefficient (Wildman–Crippen LogP) is 8.05. The largest absolute Gasteiger partial charge is 0.478 e. The predicted molar refractivity (Wildman–Crippen MR) is 140 cm³/mol. The molecule has 0 saturated heterocycles. The highest BCUT2D eigenvalue weighted by Gasteiger charge is 2.24. The number of carboxylic acid groups (broad SMARTS) is 1. The van der Waals surface area contributed by atoms with Crippen LogP contribution in [0.15, 0.2) is 73.1 Å². The normalized spacial score (nSPS) is 25.9. The summed E-state index contributed by atoms with van der Waals surface area (Å²) in [6.45, 7) is 2.27. The van der Waals surface area contributed by atoms with Crippen LogP contribution >= 0.6 is 0 Å². The maximum Gasteiger partial charge on any atom is 0.328 e. The van der Waals surface area contributed by atoms with Gasteiger partial charge in [-0.05, 0) is 56.1 Å². The zero-order chi connectivity index (χ0) is 24.3. The first kappa shape index (κ1) is 27.9. The van der Waals surface area contributed by atoms with Gasteiger partial charge in [-0.2, -0.15) is 0 Å². The molecule has 0 spiro atoms. The Kier molecular flexibility index (Phi) is 14.8. The quantitative estimate of drug-likeness (QED) is 0.129. The minimum atomic E-state index is -0.900. The standard InChI is InChI=1S/C20H32O2.C10H12O2/c1-2-3-4-5-6-9-13-18-15-12-16-19(18)14-10-7-8-11-17-20(21)22;1-2-6-9(5-1)12-10-7-3-4-8-11-10/h7-8,10-11,14,17-19H,2-6,9,12-13,15-16H2,1H3,(H,21,22);1,3-5,7-10H,2,6H2/t18-,19-;/m0./s1. The van der Waals surface area contributed by atoms with Crippen molar-refractivity contribution in [2.45, 2.75) is 96.4 Å². The van der Waals surface area contributed by atoms with E-state index < -0.39 is 5.97 Å². The second-order valence-corrected chi connectivity index (χ2v) is 9.28. The molecule has 0 aromatic rings. The summed E-state index contributed by atoms with van der Waals surface area (Å²) in [4.78, 5) is 10.3. The molecule has 0 bridgehead atoms. The Morgan fingerprint density at radius 1 is 1.00 bits per heavy atom. The van der Waals surface area contributed by atoms with Gasteiger partial charge in [0.05, 0.1) is 12.4 Å². The third-order valence-electron chi connectivity index (χ3n) is 6.52. The van der Waals surface area contributed by atoms with E-state index >= 15 is 0 Å². The lowest BCUT2D eigenvalue weighted by molar-refractivity contribution is -0.131. The molecule has 4 nitrogen and oxygen atoms in total. The summed E-state index contributed by atoms with van der Waals surface area (Å²) in [5.41, 5.74) is 0. The maximum atomic E-state index is 10.3. The summed E-state index contributed by atoms with van der Waals surface area (Å²) in [6, 6.07) is 0. The number of hydrogen-bond donors (Lipinski definition) is 1. The fourth-order valence-electron chi connectivity index (χ4n) is 4.67. The molecule has 1 fully saturated rings. The van der Waals surface area contributed by atoms with Crippen LogP contribution < -0.4 is 0 Å². The fourth-order valence-corrected chi connectivity index (χ4v) is 4.67. The highest BCUT2D eigenvalue weighted by molar-refractivity contribution is 5.80. The molecule has 0 aromatic heterocycles. The van der Waals surface area contributed by atoms with E-state index in [4.69, 9.17) is 14.6 Å². The highest BCUT2D eigenvalue weighted by Crippen LogP contribution is 2.36. The molecule has 1 heterocycles. The molecule has 3 aliphatic rings. The van der Waals surface area contributed by atoms with Gasteiger partial charge in [0, 0.05) is 6.08 Å². The zero-order valence-electron chi connectivity index (χ0n) is 20.9. The SMILES string of the molecule is C1=COC(OC2C=CCC2)C=C1.CCCCCCCC[C@H]1CCC[C@@H]1C=CC=CC=CC(=O)O. The van der Waals surface area contributed by atoms with Crippen LogP contribution in [0, 0.1) is 11.8 Å². The van der Waals surface area contributed by atoms with Crippen molar-refractivity contribution in [3.63, 3.8) is 0 Å². The molecule has 0 radical (unpaired) electrons. The van der Waals surface area contributed by atoms with E-state index in [0.29, 0.717) is 0 Å². The maximum absolute atomic E-state index is 10.3. The van der Waals surface area contributed by atoms with Gasteiger partial charge in [0.25, 0.3) is 0 Å². The van der Waals surface area contributed by atoms with Gasteiger partial charge in [0.15, 0.2) is 0 Å². The Hall–Kier alpha value is -2.33. The van der Waals surface area contributed by atoms with E-state index in [-0.39, 0.29) is 12.4 Å². The summed E-state index contributed by atoms with van der Waals surface area (Å²) in [7, 11) is 0. The van der Waals surface area contributed by atoms with Gasteiger partial charge in [-0.15, -0.1) is 0 Å². The average Bonchev–Trinajstić information content (AvgIpc) is 3.51. The van der Waals surface area contributed by atoms with Gasteiger partial charge < -0.3 is 14.6 Å². The third-order valence-corrected chi connectivity index (χ3v) is 6.52. The lowest BCUT2D eigenvalue weighted by Gasteiger charge is -2.18. The van der Waals surface area contributed by atoms with Crippen molar-refractivity contribution in [2.24, 2.45) is 11.8 Å². The molecule has 0 aromatic carbocycles. The lowest BCUT2D eigenvalue weighted by atomic mass is 9.90. The van der Waals surface area contributed by atoms with E-state index in [2.05, 4.69) is 31.2 Å². The molecule has 1 aliphatic heterocycles. The van der Waals surface area contributed by atoms with Crippen molar-refractivity contribution in [3.05, 3.63) is 73.1 Å². The number of allylic oxidation sites excluding steroid dienone is 8. The molecule has 4 heteroatoms. The summed E-state index contributed by atoms with van der Waals surface area (Å²) in [5, 5.41) is 8.49. The Balaban J connectivity index is 0.000000283.